The topological polar surface area (TPSA) is 152 Å². The highest BCUT2D eigenvalue weighted by atomic mass is 16.6. The van der Waals surface area contributed by atoms with Crippen LogP contribution in [0.3, 0.4) is 0 Å². The van der Waals surface area contributed by atoms with Gasteiger partial charge in [0.2, 0.25) is 5.75 Å². The van der Waals surface area contributed by atoms with Crippen LogP contribution in [-0.2, 0) is 19.1 Å². The first-order valence-electron chi connectivity index (χ1n) is 10.8. The summed E-state index contributed by atoms with van der Waals surface area (Å²) in [6.07, 6.45) is 0.586. The first-order valence-corrected chi connectivity index (χ1v) is 10.8. The summed E-state index contributed by atoms with van der Waals surface area (Å²) in [5.74, 6) is -2.60. The maximum Gasteiger partial charge on any atom is 0.339 e. The van der Waals surface area contributed by atoms with Gasteiger partial charge in [-0.1, -0.05) is 0 Å². The lowest BCUT2D eigenvalue weighted by atomic mass is 10.1. The van der Waals surface area contributed by atoms with E-state index < -0.39 is 45.3 Å². The van der Waals surface area contributed by atoms with Gasteiger partial charge in [0.25, 0.3) is 0 Å². The van der Waals surface area contributed by atoms with E-state index in [0.29, 0.717) is 0 Å². The molecule has 0 heterocycles. The van der Waals surface area contributed by atoms with Gasteiger partial charge in [-0.3, -0.25) is 19.7 Å². The molecule has 0 saturated heterocycles. The second-order valence-electron chi connectivity index (χ2n) is 9.46. The van der Waals surface area contributed by atoms with Crippen LogP contribution >= 0.6 is 0 Å². The summed E-state index contributed by atoms with van der Waals surface area (Å²) >= 11 is 0. The Morgan fingerprint density at radius 3 is 1.68 bits per heavy atom. The molecule has 0 saturated carbocycles. The largest absolute Gasteiger partial charge is 0.493 e. The summed E-state index contributed by atoms with van der Waals surface area (Å²) in [7, 11) is 0. The fourth-order valence-electron chi connectivity index (χ4n) is 2.68. The Morgan fingerprint density at radius 2 is 1.29 bits per heavy atom. The third-order valence-electron chi connectivity index (χ3n) is 3.89. The minimum absolute atomic E-state index is 0.0184. The highest BCUT2D eigenvalue weighted by molar-refractivity contribution is 5.92. The molecule has 1 aromatic rings. The number of nitrogens with zero attached hydrogens (tertiary/aromatic N) is 1. The van der Waals surface area contributed by atoms with Gasteiger partial charge >= 0.3 is 23.6 Å². The average molecular weight is 484 g/mol. The molecule has 1 N–H and O–H groups in total. The van der Waals surface area contributed by atoms with Gasteiger partial charge in [-0.25, -0.2) is 4.79 Å². The molecule has 0 aliphatic heterocycles. The molecular formula is C23H33NO10. The first kappa shape index (κ1) is 28.7. The summed E-state index contributed by atoms with van der Waals surface area (Å²) in [4.78, 5) is 45.8. The zero-order chi connectivity index (χ0) is 26.1. The van der Waals surface area contributed by atoms with E-state index in [9.17, 15) is 29.6 Å². The highest BCUT2D eigenvalue weighted by Gasteiger charge is 2.24. The smallest absolute Gasteiger partial charge is 0.339 e. The fourth-order valence-corrected chi connectivity index (χ4v) is 2.68. The third-order valence-corrected chi connectivity index (χ3v) is 3.89. The van der Waals surface area contributed by atoms with Crippen LogP contribution in [0.25, 0.3) is 0 Å². The highest BCUT2D eigenvalue weighted by Crippen LogP contribution is 2.35. The molecule has 1 rings (SSSR count). The molecule has 0 fully saturated rings. The molecule has 0 atom stereocenters. The molecule has 0 bridgehead atoms. The van der Waals surface area contributed by atoms with E-state index >= 15 is 0 Å². The average Bonchev–Trinajstić information content (AvgIpc) is 2.65. The fraction of sp³-hybridized carbons (Fsp3) is 0.609. The third kappa shape index (κ3) is 11.0. The Balaban J connectivity index is 2.84. The van der Waals surface area contributed by atoms with Gasteiger partial charge in [0.15, 0.2) is 0 Å². The standard InChI is InChI=1S/C23H33NO10/c1-22(2,3)33-19(25)9-7-11-31-17-14-18(16(24(29)30)13-15(17)21(27)28)32-12-8-10-20(26)34-23(4,5)6/h13-14H,7-12H2,1-6H3,(H,27,28). The van der Waals surface area contributed by atoms with Gasteiger partial charge < -0.3 is 24.1 Å². The van der Waals surface area contributed by atoms with Crippen molar-refractivity contribution in [1.82, 2.24) is 0 Å². The number of carboxylic acid groups (broad SMARTS) is 1. The van der Waals surface area contributed by atoms with Crippen molar-refractivity contribution in [2.24, 2.45) is 0 Å². The molecule has 0 aromatic heterocycles. The summed E-state index contributed by atoms with van der Waals surface area (Å²) < 4.78 is 21.3. The number of nitro groups is 1. The number of carbonyl (C=O) groups is 3. The molecule has 190 valence electrons. The van der Waals surface area contributed by atoms with Crippen molar-refractivity contribution in [3.8, 4) is 11.5 Å². The Bertz CT molecular complexity index is 827. The van der Waals surface area contributed by atoms with Crippen molar-refractivity contribution < 1.29 is 43.4 Å². The maximum absolute atomic E-state index is 11.8. The number of carbonyl (C=O) groups excluding carboxylic acids is 2. The van der Waals surface area contributed by atoms with E-state index in [-0.39, 0.29) is 50.4 Å². The molecule has 1 aromatic carbocycles. The quantitative estimate of drug-likeness (QED) is 0.197. The van der Waals surface area contributed by atoms with Gasteiger partial charge in [-0.2, -0.15) is 0 Å². The van der Waals surface area contributed by atoms with Crippen molar-refractivity contribution in [3.63, 3.8) is 0 Å². The van der Waals surface area contributed by atoms with Crippen molar-refractivity contribution in [2.45, 2.75) is 78.4 Å². The minimum Gasteiger partial charge on any atom is -0.493 e. The van der Waals surface area contributed by atoms with Crippen molar-refractivity contribution in [3.05, 3.63) is 27.8 Å². The van der Waals surface area contributed by atoms with Crippen LogP contribution < -0.4 is 9.47 Å². The molecule has 0 radical (unpaired) electrons. The second kappa shape index (κ2) is 12.2. The van der Waals surface area contributed by atoms with Gasteiger partial charge in [0.1, 0.15) is 22.5 Å². The van der Waals surface area contributed by atoms with Crippen LogP contribution in [-0.4, -0.2) is 52.4 Å². The Labute approximate surface area is 198 Å². The molecule has 11 nitrogen and oxygen atoms in total. The normalized spacial score (nSPS) is 11.5. The Kier molecular flexibility index (Phi) is 10.3. The number of aromatic carboxylic acids is 1. The number of benzene rings is 1. The van der Waals surface area contributed by atoms with Crippen molar-refractivity contribution >= 4 is 23.6 Å². The number of rotatable bonds is 12. The molecule has 0 spiro atoms. The van der Waals surface area contributed by atoms with E-state index in [2.05, 4.69) is 0 Å². The van der Waals surface area contributed by atoms with Crippen molar-refractivity contribution in [2.75, 3.05) is 13.2 Å². The summed E-state index contributed by atoms with van der Waals surface area (Å²) in [5.41, 5.74) is -2.21. The maximum atomic E-state index is 11.8. The minimum atomic E-state index is -1.42. The van der Waals surface area contributed by atoms with Crippen LogP contribution in [0.5, 0.6) is 11.5 Å². The lowest BCUT2D eigenvalue weighted by Crippen LogP contribution is -2.24. The van der Waals surface area contributed by atoms with E-state index in [0.717, 1.165) is 12.1 Å². The summed E-state index contributed by atoms with van der Waals surface area (Å²) in [5, 5.41) is 20.9. The molecule has 0 unspecified atom stereocenters. The van der Waals surface area contributed by atoms with Crippen LogP contribution in [0.2, 0.25) is 0 Å². The van der Waals surface area contributed by atoms with E-state index in [4.69, 9.17) is 18.9 Å². The predicted octanol–water partition coefficient (Wildman–Crippen LogP) is 4.29. The Hall–Kier alpha value is -3.37. The zero-order valence-electron chi connectivity index (χ0n) is 20.5. The molecule has 0 aliphatic carbocycles. The predicted molar refractivity (Wildman–Crippen MR) is 121 cm³/mol. The number of hydrogen-bond acceptors (Lipinski definition) is 9. The number of carboxylic acids is 1. The van der Waals surface area contributed by atoms with Gasteiger partial charge in [-0.05, 0) is 54.4 Å². The van der Waals surface area contributed by atoms with Gasteiger partial charge in [0.05, 0.1) is 18.1 Å². The molecule has 0 amide bonds. The molecule has 0 aliphatic rings. The van der Waals surface area contributed by atoms with Crippen molar-refractivity contribution in [1.29, 1.82) is 0 Å². The van der Waals surface area contributed by atoms with Crippen LogP contribution in [0.1, 0.15) is 77.6 Å². The van der Waals surface area contributed by atoms with E-state index in [1.165, 1.54) is 0 Å². The van der Waals surface area contributed by atoms with Crippen LogP contribution in [0.4, 0.5) is 5.69 Å². The summed E-state index contributed by atoms with van der Waals surface area (Å²) in [6.45, 7) is 10.4. The SMILES string of the molecule is CC(C)(C)OC(=O)CCCOc1cc(OCCCC(=O)OC(C)(C)C)c([N+](=O)[O-])cc1C(=O)O. The van der Waals surface area contributed by atoms with Crippen LogP contribution in [0, 0.1) is 10.1 Å². The number of nitro benzene ring substituents is 1. The molecule has 11 heteroatoms. The number of ether oxygens (including phenoxy) is 4. The van der Waals surface area contributed by atoms with Gasteiger partial charge in [-0.15, -0.1) is 0 Å². The molecule has 34 heavy (non-hydrogen) atoms. The second-order valence-corrected chi connectivity index (χ2v) is 9.46. The zero-order valence-corrected chi connectivity index (χ0v) is 20.5. The Morgan fingerprint density at radius 1 is 0.853 bits per heavy atom. The van der Waals surface area contributed by atoms with E-state index in [1.807, 2.05) is 0 Å². The van der Waals surface area contributed by atoms with Gasteiger partial charge in [0, 0.05) is 25.0 Å². The summed E-state index contributed by atoms with van der Waals surface area (Å²) in [6, 6.07) is 1.98. The lowest BCUT2D eigenvalue weighted by molar-refractivity contribution is -0.385. The first-order chi connectivity index (χ1) is 15.6. The van der Waals surface area contributed by atoms with Crippen LogP contribution in [0.15, 0.2) is 12.1 Å². The number of hydrogen-bond donors (Lipinski definition) is 1. The van der Waals surface area contributed by atoms with E-state index in [1.54, 1.807) is 41.5 Å². The molecular weight excluding hydrogens is 450 g/mol. The number of esters is 2. The lowest BCUT2D eigenvalue weighted by Gasteiger charge is -2.19. The monoisotopic (exact) mass is 483 g/mol.